The second-order valence-electron chi connectivity index (χ2n) is 4.16. The number of aryl methyl sites for hydroxylation is 1. The van der Waals surface area contributed by atoms with Gasteiger partial charge in [-0.2, -0.15) is 4.98 Å². The summed E-state index contributed by atoms with van der Waals surface area (Å²) in [6.45, 7) is 0. The largest absolute Gasteiger partial charge is 0.397 e. The van der Waals surface area contributed by atoms with Crippen LogP contribution in [-0.2, 0) is 7.05 Å². The molecule has 0 aliphatic rings. The number of nitrogens with two attached hydrogens (primary N) is 1. The van der Waals surface area contributed by atoms with Gasteiger partial charge in [0, 0.05) is 16.0 Å². The number of benzene rings is 1. The highest BCUT2D eigenvalue weighted by atomic mass is 79.9. The molecule has 0 atom stereocenters. The third kappa shape index (κ3) is 2.25. The van der Waals surface area contributed by atoms with E-state index in [0.717, 1.165) is 14.6 Å². The molecule has 0 aliphatic heterocycles. The number of aromatic nitrogens is 4. The third-order valence-corrected chi connectivity index (χ3v) is 3.91. The molecule has 0 unspecified atom stereocenters. The molecule has 2 heterocycles. The van der Waals surface area contributed by atoms with Crippen molar-refractivity contribution in [3.63, 3.8) is 0 Å². The maximum Gasteiger partial charge on any atom is 0.260 e. The van der Waals surface area contributed by atoms with Crippen molar-refractivity contribution >= 4 is 37.5 Å². The molecule has 0 saturated heterocycles. The second-order valence-corrected chi connectivity index (χ2v) is 5.93. The van der Waals surface area contributed by atoms with Crippen molar-refractivity contribution in [3.8, 4) is 23.0 Å². The first-order chi connectivity index (χ1) is 9.56. The van der Waals surface area contributed by atoms with Gasteiger partial charge in [-0.3, -0.25) is 0 Å². The molecule has 0 saturated carbocycles. The molecule has 0 fully saturated rings. The minimum atomic E-state index is 0.362. The molecule has 0 radical (unpaired) electrons. The lowest BCUT2D eigenvalue weighted by molar-refractivity contribution is 0.432. The van der Waals surface area contributed by atoms with Gasteiger partial charge in [0.05, 0.1) is 23.8 Å². The van der Waals surface area contributed by atoms with Gasteiger partial charge in [-0.1, -0.05) is 21.1 Å². The van der Waals surface area contributed by atoms with Crippen LogP contribution >= 0.6 is 31.9 Å². The first kappa shape index (κ1) is 13.3. The summed E-state index contributed by atoms with van der Waals surface area (Å²) in [5.74, 6) is 0.830. The number of halogens is 2. The lowest BCUT2D eigenvalue weighted by Crippen LogP contribution is -1.93. The molecule has 2 aromatic heterocycles. The van der Waals surface area contributed by atoms with E-state index in [0.29, 0.717) is 23.0 Å². The first-order valence-corrected chi connectivity index (χ1v) is 7.20. The fourth-order valence-corrected chi connectivity index (χ4v) is 3.00. The highest BCUT2D eigenvalue weighted by Crippen LogP contribution is 2.35. The SMILES string of the molecule is Cn1cncc1-c1noc(-c2cc(Br)cc(Br)c2N)n1. The van der Waals surface area contributed by atoms with E-state index >= 15 is 0 Å². The predicted molar refractivity (Wildman–Crippen MR) is 81.7 cm³/mol. The monoisotopic (exact) mass is 397 g/mol. The van der Waals surface area contributed by atoms with E-state index in [4.69, 9.17) is 10.3 Å². The molecule has 3 rings (SSSR count). The topological polar surface area (TPSA) is 82.8 Å². The van der Waals surface area contributed by atoms with Crippen LogP contribution in [-0.4, -0.2) is 19.7 Å². The number of hydrogen-bond donors (Lipinski definition) is 1. The average Bonchev–Trinajstić information content (AvgIpc) is 3.02. The Morgan fingerprint density at radius 1 is 1.30 bits per heavy atom. The molecule has 3 aromatic rings. The van der Waals surface area contributed by atoms with Gasteiger partial charge in [0.25, 0.3) is 5.89 Å². The second kappa shape index (κ2) is 5.02. The highest BCUT2D eigenvalue weighted by Gasteiger charge is 2.16. The average molecular weight is 399 g/mol. The van der Waals surface area contributed by atoms with Gasteiger partial charge in [0.1, 0.15) is 5.69 Å². The number of hydrogen-bond acceptors (Lipinski definition) is 5. The summed E-state index contributed by atoms with van der Waals surface area (Å²) >= 11 is 6.80. The zero-order chi connectivity index (χ0) is 14.3. The lowest BCUT2D eigenvalue weighted by atomic mass is 10.2. The van der Waals surface area contributed by atoms with Crippen molar-refractivity contribution in [1.29, 1.82) is 0 Å². The van der Waals surface area contributed by atoms with Gasteiger partial charge in [0.15, 0.2) is 0 Å². The maximum atomic E-state index is 6.03. The molecular weight excluding hydrogens is 390 g/mol. The Kier molecular flexibility index (Phi) is 3.35. The lowest BCUT2D eigenvalue weighted by Gasteiger charge is -2.04. The molecule has 2 N–H and O–H groups in total. The van der Waals surface area contributed by atoms with Crippen LogP contribution in [0.5, 0.6) is 0 Å². The van der Waals surface area contributed by atoms with Crippen molar-refractivity contribution in [3.05, 3.63) is 33.6 Å². The van der Waals surface area contributed by atoms with Crippen molar-refractivity contribution in [2.45, 2.75) is 0 Å². The zero-order valence-corrected chi connectivity index (χ0v) is 13.5. The van der Waals surface area contributed by atoms with Crippen molar-refractivity contribution in [1.82, 2.24) is 19.7 Å². The Morgan fingerprint density at radius 2 is 2.10 bits per heavy atom. The van der Waals surface area contributed by atoms with Gasteiger partial charge in [-0.05, 0) is 28.1 Å². The van der Waals surface area contributed by atoms with E-state index in [1.807, 2.05) is 23.7 Å². The maximum absolute atomic E-state index is 6.03. The molecule has 1 aromatic carbocycles. The highest BCUT2D eigenvalue weighted by molar-refractivity contribution is 9.11. The third-order valence-electron chi connectivity index (χ3n) is 2.80. The van der Waals surface area contributed by atoms with Crippen LogP contribution in [0.15, 0.2) is 38.1 Å². The summed E-state index contributed by atoms with van der Waals surface area (Å²) in [6, 6.07) is 3.69. The molecule has 0 bridgehead atoms. The number of imidazole rings is 1. The van der Waals surface area contributed by atoms with Crippen LogP contribution in [0.3, 0.4) is 0 Å². The van der Waals surface area contributed by atoms with Crippen LogP contribution < -0.4 is 5.73 Å². The summed E-state index contributed by atoms with van der Waals surface area (Å²) in [5.41, 5.74) is 8.02. The van der Waals surface area contributed by atoms with E-state index in [2.05, 4.69) is 47.0 Å². The Morgan fingerprint density at radius 3 is 2.80 bits per heavy atom. The normalized spacial score (nSPS) is 10.9. The summed E-state index contributed by atoms with van der Waals surface area (Å²) in [7, 11) is 1.86. The fourth-order valence-electron chi connectivity index (χ4n) is 1.77. The smallest absolute Gasteiger partial charge is 0.260 e. The summed E-state index contributed by atoms with van der Waals surface area (Å²) in [5, 5.41) is 3.96. The summed E-state index contributed by atoms with van der Waals surface area (Å²) in [4.78, 5) is 8.39. The van der Waals surface area contributed by atoms with Gasteiger partial charge >= 0.3 is 0 Å². The van der Waals surface area contributed by atoms with E-state index in [1.165, 1.54) is 0 Å². The molecule has 8 heteroatoms. The molecule has 20 heavy (non-hydrogen) atoms. The number of nitrogens with zero attached hydrogens (tertiary/aromatic N) is 4. The Hall–Kier alpha value is -1.67. The summed E-state index contributed by atoms with van der Waals surface area (Å²) < 4.78 is 8.75. The molecule has 0 aliphatic carbocycles. The Bertz CT molecular complexity index is 780. The fraction of sp³-hybridized carbons (Fsp3) is 0.0833. The number of rotatable bonds is 2. The zero-order valence-electron chi connectivity index (χ0n) is 10.3. The van der Waals surface area contributed by atoms with Crippen molar-refractivity contribution in [2.24, 2.45) is 7.05 Å². The van der Waals surface area contributed by atoms with E-state index in [-0.39, 0.29) is 0 Å². The van der Waals surface area contributed by atoms with Gasteiger partial charge in [-0.15, -0.1) is 0 Å². The molecule has 6 nitrogen and oxygen atoms in total. The van der Waals surface area contributed by atoms with E-state index < -0.39 is 0 Å². The first-order valence-electron chi connectivity index (χ1n) is 5.61. The number of nitrogen functional groups attached to an aromatic ring is 1. The molecular formula is C12H9Br2N5O. The Balaban J connectivity index is 2.09. The molecule has 102 valence electrons. The van der Waals surface area contributed by atoms with Gasteiger partial charge < -0.3 is 14.8 Å². The molecule has 0 spiro atoms. The Labute approximate surface area is 131 Å². The standard InChI is InChI=1S/C12H9Br2N5O/c1-19-5-16-4-9(19)11-17-12(20-18-11)7-2-6(13)3-8(14)10(7)15/h2-5H,15H2,1H3. The number of anilines is 1. The van der Waals surface area contributed by atoms with Crippen LogP contribution in [0.4, 0.5) is 5.69 Å². The summed E-state index contributed by atoms with van der Waals surface area (Å²) in [6.07, 6.45) is 3.35. The van der Waals surface area contributed by atoms with Crippen LogP contribution in [0.2, 0.25) is 0 Å². The minimum Gasteiger partial charge on any atom is -0.397 e. The van der Waals surface area contributed by atoms with E-state index in [9.17, 15) is 0 Å². The molecule has 0 amide bonds. The van der Waals surface area contributed by atoms with Gasteiger partial charge in [0.2, 0.25) is 5.82 Å². The van der Waals surface area contributed by atoms with Crippen LogP contribution in [0.1, 0.15) is 0 Å². The van der Waals surface area contributed by atoms with Gasteiger partial charge in [-0.25, -0.2) is 4.98 Å². The van der Waals surface area contributed by atoms with E-state index in [1.54, 1.807) is 12.5 Å². The van der Waals surface area contributed by atoms with Crippen molar-refractivity contribution in [2.75, 3.05) is 5.73 Å². The van der Waals surface area contributed by atoms with Crippen LogP contribution in [0, 0.1) is 0 Å². The quantitative estimate of drug-likeness (QED) is 0.670. The van der Waals surface area contributed by atoms with Crippen molar-refractivity contribution < 1.29 is 4.52 Å². The predicted octanol–water partition coefficient (Wildman–Crippen LogP) is 3.24. The minimum absolute atomic E-state index is 0.362. The van der Waals surface area contributed by atoms with Crippen LogP contribution in [0.25, 0.3) is 23.0 Å².